The van der Waals surface area contributed by atoms with Crippen LogP contribution in [0, 0.1) is 20.8 Å². The summed E-state index contributed by atoms with van der Waals surface area (Å²) in [5.74, 6) is 1.22. The summed E-state index contributed by atoms with van der Waals surface area (Å²) in [6.45, 7) is 5.86. The number of thioether (sulfide) groups is 1. The number of nitrogens with one attached hydrogen (secondary N) is 1. The first-order chi connectivity index (χ1) is 16.2. The zero-order valence-corrected chi connectivity index (χ0v) is 21.9. The number of nitrogens with zero attached hydrogens (tertiary/aromatic N) is 1. The van der Waals surface area contributed by atoms with Crippen molar-refractivity contribution in [3.05, 3.63) is 94.0 Å². The molecule has 0 fully saturated rings. The average molecular weight is 517 g/mol. The molecule has 0 aliphatic rings. The number of aryl methyl sites for hydroxylation is 3. The lowest BCUT2D eigenvalue weighted by Gasteiger charge is -2.26. The number of rotatable bonds is 10. The third-order valence-corrected chi connectivity index (χ3v) is 8.28. The van der Waals surface area contributed by atoms with Gasteiger partial charge in [0.05, 0.1) is 10.6 Å². The molecule has 0 heterocycles. The van der Waals surface area contributed by atoms with E-state index >= 15 is 0 Å². The predicted molar refractivity (Wildman–Crippen MR) is 142 cm³/mol. The first-order valence-corrected chi connectivity index (χ1v) is 13.9. The van der Waals surface area contributed by atoms with E-state index in [1.54, 1.807) is 61.2 Å². The molecule has 0 aromatic heterocycles. The molecule has 3 rings (SSSR count). The van der Waals surface area contributed by atoms with Crippen molar-refractivity contribution >= 4 is 45.0 Å². The highest BCUT2D eigenvalue weighted by molar-refractivity contribution is 7.98. The van der Waals surface area contributed by atoms with Crippen molar-refractivity contribution in [2.45, 2.75) is 31.4 Å². The molecule has 1 amide bonds. The number of anilines is 1. The Bertz CT molecular complexity index is 1250. The summed E-state index contributed by atoms with van der Waals surface area (Å²) >= 11 is 7.80. The lowest BCUT2D eigenvalue weighted by molar-refractivity contribution is -0.119. The van der Waals surface area contributed by atoms with Crippen molar-refractivity contribution < 1.29 is 13.2 Å². The Morgan fingerprint density at radius 3 is 2.38 bits per heavy atom. The van der Waals surface area contributed by atoms with Crippen LogP contribution in [0.3, 0.4) is 0 Å². The van der Waals surface area contributed by atoms with Crippen LogP contribution in [-0.2, 0) is 20.6 Å². The second-order valence-electron chi connectivity index (χ2n) is 8.15. The highest BCUT2D eigenvalue weighted by Crippen LogP contribution is 2.29. The first kappa shape index (κ1) is 26.1. The first-order valence-electron chi connectivity index (χ1n) is 10.9. The summed E-state index contributed by atoms with van der Waals surface area (Å²) in [6, 6.07) is 19.9. The van der Waals surface area contributed by atoms with Crippen molar-refractivity contribution in [1.29, 1.82) is 0 Å². The Hall–Kier alpha value is -2.48. The van der Waals surface area contributed by atoms with Crippen LogP contribution in [0.4, 0.5) is 5.69 Å². The monoisotopic (exact) mass is 516 g/mol. The van der Waals surface area contributed by atoms with E-state index in [1.807, 2.05) is 13.0 Å². The van der Waals surface area contributed by atoms with Gasteiger partial charge >= 0.3 is 0 Å². The summed E-state index contributed by atoms with van der Waals surface area (Å²) in [7, 11) is -3.95. The fraction of sp³-hybridized carbons (Fsp3) is 0.269. The fourth-order valence-electron chi connectivity index (χ4n) is 3.48. The molecule has 0 bridgehead atoms. The van der Waals surface area contributed by atoms with E-state index in [4.69, 9.17) is 11.6 Å². The molecule has 5 nitrogen and oxygen atoms in total. The molecule has 3 aromatic rings. The van der Waals surface area contributed by atoms with Crippen LogP contribution in [0.25, 0.3) is 0 Å². The number of hydrogen-bond acceptors (Lipinski definition) is 4. The van der Waals surface area contributed by atoms with Crippen LogP contribution in [0.2, 0.25) is 5.02 Å². The second kappa shape index (κ2) is 11.8. The zero-order valence-electron chi connectivity index (χ0n) is 19.5. The molecule has 0 radical (unpaired) electrons. The molecule has 0 saturated heterocycles. The van der Waals surface area contributed by atoms with Crippen molar-refractivity contribution in [1.82, 2.24) is 5.32 Å². The van der Waals surface area contributed by atoms with Gasteiger partial charge in [-0.15, -0.1) is 0 Å². The van der Waals surface area contributed by atoms with Crippen molar-refractivity contribution in [2.75, 3.05) is 23.1 Å². The molecule has 1 N–H and O–H groups in total. The van der Waals surface area contributed by atoms with E-state index in [9.17, 15) is 13.2 Å². The maximum Gasteiger partial charge on any atom is 0.264 e. The van der Waals surface area contributed by atoms with Crippen LogP contribution in [0.5, 0.6) is 0 Å². The maximum atomic E-state index is 13.5. The van der Waals surface area contributed by atoms with Crippen molar-refractivity contribution in [2.24, 2.45) is 0 Å². The molecule has 0 aliphatic heterocycles. The molecule has 3 aromatic carbocycles. The standard InChI is InChI=1S/C26H29ClN2O3S2/c1-19-7-10-24(11-8-19)34(31,32)29(25-12-9-23(27)16-21(25)3)17-26(30)28-13-14-33-18-22-6-4-5-20(2)15-22/h4-12,15-16H,13-14,17-18H2,1-3H3,(H,28,30). The lowest BCUT2D eigenvalue weighted by Crippen LogP contribution is -2.41. The zero-order chi connectivity index (χ0) is 24.7. The van der Waals surface area contributed by atoms with Gasteiger partial charge in [-0.05, 0) is 62.2 Å². The largest absolute Gasteiger partial charge is 0.354 e. The van der Waals surface area contributed by atoms with Gasteiger partial charge in [0.15, 0.2) is 0 Å². The summed E-state index contributed by atoms with van der Waals surface area (Å²) in [5.41, 5.74) is 4.51. The fourth-order valence-corrected chi connectivity index (χ4v) is 5.99. The molecular weight excluding hydrogens is 488 g/mol. The Morgan fingerprint density at radius 1 is 0.971 bits per heavy atom. The molecule has 8 heteroatoms. The van der Waals surface area contributed by atoms with E-state index < -0.39 is 10.0 Å². The minimum Gasteiger partial charge on any atom is -0.354 e. The Labute approximate surface area is 211 Å². The van der Waals surface area contributed by atoms with Gasteiger partial charge in [-0.1, -0.05) is 59.1 Å². The van der Waals surface area contributed by atoms with Crippen LogP contribution in [0.15, 0.2) is 71.6 Å². The molecular formula is C26H29ClN2O3S2. The van der Waals surface area contributed by atoms with E-state index in [1.165, 1.54) is 11.1 Å². The Kier molecular flexibility index (Phi) is 9.05. The van der Waals surface area contributed by atoms with Crippen LogP contribution in [0.1, 0.15) is 22.3 Å². The normalized spacial score (nSPS) is 11.3. The molecule has 0 atom stereocenters. The third kappa shape index (κ3) is 7.01. The summed E-state index contributed by atoms with van der Waals surface area (Å²) in [4.78, 5) is 12.9. The highest BCUT2D eigenvalue weighted by Gasteiger charge is 2.28. The predicted octanol–water partition coefficient (Wildman–Crippen LogP) is 5.51. The van der Waals surface area contributed by atoms with E-state index in [0.29, 0.717) is 22.8 Å². The quantitative estimate of drug-likeness (QED) is 0.361. The minimum atomic E-state index is -3.95. The van der Waals surface area contributed by atoms with Crippen LogP contribution >= 0.6 is 23.4 Å². The topological polar surface area (TPSA) is 66.5 Å². The van der Waals surface area contributed by atoms with Gasteiger partial charge in [0, 0.05) is 23.1 Å². The number of carbonyl (C=O) groups is 1. The lowest BCUT2D eigenvalue weighted by atomic mass is 10.2. The van der Waals surface area contributed by atoms with E-state index in [-0.39, 0.29) is 17.3 Å². The number of halogens is 1. The SMILES string of the molecule is Cc1ccc(S(=O)(=O)N(CC(=O)NCCSCc2cccc(C)c2)c2ccc(Cl)cc2C)cc1. The molecule has 0 unspecified atom stereocenters. The number of hydrogen-bond donors (Lipinski definition) is 1. The smallest absolute Gasteiger partial charge is 0.264 e. The number of sulfonamides is 1. The van der Waals surface area contributed by atoms with Gasteiger partial charge in [0.1, 0.15) is 6.54 Å². The molecule has 0 spiro atoms. The highest BCUT2D eigenvalue weighted by atomic mass is 35.5. The molecule has 0 saturated carbocycles. The summed E-state index contributed by atoms with van der Waals surface area (Å²) in [5, 5.41) is 3.36. The van der Waals surface area contributed by atoms with Crippen LogP contribution in [-0.4, -0.2) is 33.2 Å². The Morgan fingerprint density at radius 2 is 1.71 bits per heavy atom. The minimum absolute atomic E-state index is 0.133. The number of amides is 1. The van der Waals surface area contributed by atoms with Gasteiger partial charge in [0.25, 0.3) is 10.0 Å². The number of benzene rings is 3. The van der Waals surface area contributed by atoms with E-state index in [0.717, 1.165) is 21.4 Å². The van der Waals surface area contributed by atoms with Gasteiger partial charge in [-0.3, -0.25) is 9.10 Å². The summed E-state index contributed by atoms with van der Waals surface area (Å²) in [6.07, 6.45) is 0. The van der Waals surface area contributed by atoms with Crippen molar-refractivity contribution in [3.63, 3.8) is 0 Å². The summed E-state index contributed by atoms with van der Waals surface area (Å²) < 4.78 is 28.1. The van der Waals surface area contributed by atoms with Gasteiger partial charge in [-0.25, -0.2) is 8.42 Å². The van der Waals surface area contributed by atoms with Gasteiger partial charge in [0.2, 0.25) is 5.91 Å². The van der Waals surface area contributed by atoms with Crippen molar-refractivity contribution in [3.8, 4) is 0 Å². The maximum absolute atomic E-state index is 13.5. The molecule has 180 valence electrons. The van der Waals surface area contributed by atoms with Gasteiger partial charge < -0.3 is 5.32 Å². The second-order valence-corrected chi connectivity index (χ2v) is 11.6. The van der Waals surface area contributed by atoms with Gasteiger partial charge in [-0.2, -0.15) is 11.8 Å². The average Bonchev–Trinajstić information content (AvgIpc) is 2.78. The van der Waals surface area contributed by atoms with Crippen LogP contribution < -0.4 is 9.62 Å². The molecule has 0 aliphatic carbocycles. The molecule has 34 heavy (non-hydrogen) atoms. The van der Waals surface area contributed by atoms with E-state index in [2.05, 4.69) is 30.4 Å². The number of carbonyl (C=O) groups excluding carboxylic acids is 1. The Balaban J connectivity index is 1.68. The third-order valence-electron chi connectivity index (χ3n) is 5.24.